The van der Waals surface area contributed by atoms with Crippen molar-refractivity contribution in [2.75, 3.05) is 32.1 Å². The molecule has 1 unspecified atom stereocenters. The summed E-state index contributed by atoms with van der Waals surface area (Å²) in [6, 6.07) is 5.52. The minimum atomic E-state index is -0.172. The molecule has 2 amide bonds. The predicted octanol–water partition coefficient (Wildman–Crippen LogP) is 1.26. The van der Waals surface area contributed by atoms with Crippen molar-refractivity contribution in [3.63, 3.8) is 0 Å². The molecule has 1 fully saturated rings. The molecule has 3 rings (SSSR count). The van der Waals surface area contributed by atoms with Crippen LogP contribution in [0.2, 0.25) is 0 Å². The summed E-state index contributed by atoms with van der Waals surface area (Å²) in [5.74, 6) is 0.398. The van der Waals surface area contributed by atoms with Gasteiger partial charge in [0.05, 0.1) is 5.69 Å². The molecular weight excluding hydrogens is 306 g/mol. The zero-order valence-corrected chi connectivity index (χ0v) is 13.2. The second-order valence-corrected chi connectivity index (χ2v) is 5.43. The highest BCUT2D eigenvalue weighted by Gasteiger charge is 2.25. The van der Waals surface area contributed by atoms with E-state index in [1.165, 1.54) is 0 Å². The lowest BCUT2D eigenvalue weighted by atomic mass is 10.0. The van der Waals surface area contributed by atoms with Crippen LogP contribution in [0.4, 0.5) is 5.69 Å². The van der Waals surface area contributed by atoms with Crippen LogP contribution in [-0.4, -0.2) is 49.5 Å². The molecule has 22 heavy (non-hydrogen) atoms. The summed E-state index contributed by atoms with van der Waals surface area (Å²) >= 11 is 0. The molecule has 7 heteroatoms. The van der Waals surface area contributed by atoms with Gasteiger partial charge in [-0.05, 0) is 38.1 Å². The molecule has 1 aromatic rings. The zero-order chi connectivity index (χ0) is 14.8. The lowest BCUT2D eigenvalue weighted by Gasteiger charge is -2.32. The summed E-state index contributed by atoms with van der Waals surface area (Å²) in [5.41, 5.74) is 1.22. The number of rotatable bonds is 2. The predicted molar refractivity (Wildman–Crippen MR) is 85.8 cm³/mol. The molecule has 1 atom stereocenters. The number of carbonyl (C=O) groups excluding carboxylic acids is 2. The summed E-state index contributed by atoms with van der Waals surface area (Å²) in [5, 5.41) is 5.95. The minimum Gasteiger partial charge on any atom is -0.482 e. The van der Waals surface area contributed by atoms with E-state index in [1.54, 1.807) is 18.2 Å². The fourth-order valence-electron chi connectivity index (χ4n) is 2.79. The summed E-state index contributed by atoms with van der Waals surface area (Å²) in [6.07, 6.45) is 2.11. The second kappa shape index (κ2) is 6.98. The summed E-state index contributed by atoms with van der Waals surface area (Å²) < 4.78 is 5.36. The van der Waals surface area contributed by atoms with E-state index in [4.69, 9.17) is 4.74 Å². The van der Waals surface area contributed by atoms with Gasteiger partial charge in [-0.25, -0.2) is 0 Å². The number of benzene rings is 1. The lowest BCUT2D eigenvalue weighted by Crippen LogP contribution is -2.47. The van der Waals surface area contributed by atoms with Crippen molar-refractivity contribution in [2.24, 2.45) is 0 Å². The highest BCUT2D eigenvalue weighted by molar-refractivity contribution is 5.99. The Bertz CT molecular complexity index is 579. The number of halogens is 1. The first kappa shape index (κ1) is 16.6. The number of likely N-dealkylation sites (N-methyl/N-ethyl adjacent to an activating group) is 1. The van der Waals surface area contributed by atoms with Crippen LogP contribution in [0.3, 0.4) is 0 Å². The van der Waals surface area contributed by atoms with E-state index < -0.39 is 0 Å². The van der Waals surface area contributed by atoms with Gasteiger partial charge in [-0.3, -0.25) is 9.59 Å². The molecule has 0 radical (unpaired) electrons. The maximum atomic E-state index is 12.6. The van der Waals surface area contributed by atoms with Gasteiger partial charge in [0.2, 0.25) is 0 Å². The molecule has 2 N–H and O–H groups in total. The third-order valence-corrected chi connectivity index (χ3v) is 3.98. The molecule has 0 spiro atoms. The van der Waals surface area contributed by atoms with Crippen molar-refractivity contribution in [1.82, 2.24) is 10.2 Å². The number of piperidine rings is 1. The van der Waals surface area contributed by atoms with Crippen LogP contribution < -0.4 is 15.4 Å². The van der Waals surface area contributed by atoms with Gasteiger partial charge >= 0.3 is 0 Å². The first-order chi connectivity index (χ1) is 10.2. The Morgan fingerprint density at radius 1 is 1.45 bits per heavy atom. The van der Waals surface area contributed by atoms with Crippen molar-refractivity contribution >= 4 is 29.9 Å². The average Bonchev–Trinajstić information content (AvgIpc) is 2.53. The van der Waals surface area contributed by atoms with E-state index in [2.05, 4.69) is 10.6 Å². The molecule has 2 aliphatic heterocycles. The number of amides is 2. The van der Waals surface area contributed by atoms with Crippen molar-refractivity contribution in [3.8, 4) is 5.75 Å². The van der Waals surface area contributed by atoms with Crippen LogP contribution in [0.5, 0.6) is 5.75 Å². The number of ether oxygens (including phenoxy) is 1. The number of hydrogen-bond acceptors (Lipinski definition) is 4. The van der Waals surface area contributed by atoms with Gasteiger partial charge < -0.3 is 20.3 Å². The summed E-state index contributed by atoms with van der Waals surface area (Å²) in [7, 11) is 1.92. The minimum absolute atomic E-state index is 0. The second-order valence-electron chi connectivity index (χ2n) is 5.43. The number of hydrogen-bond donors (Lipinski definition) is 2. The molecule has 0 bridgehead atoms. The van der Waals surface area contributed by atoms with E-state index in [1.807, 2.05) is 11.9 Å². The molecule has 2 heterocycles. The molecule has 120 valence electrons. The fourth-order valence-corrected chi connectivity index (χ4v) is 2.79. The van der Waals surface area contributed by atoms with E-state index in [9.17, 15) is 9.59 Å². The highest BCUT2D eigenvalue weighted by atomic mass is 35.5. The van der Waals surface area contributed by atoms with Crippen molar-refractivity contribution in [1.29, 1.82) is 0 Å². The molecule has 1 saturated heterocycles. The molecule has 1 aromatic carbocycles. The van der Waals surface area contributed by atoms with Crippen molar-refractivity contribution in [3.05, 3.63) is 23.8 Å². The largest absolute Gasteiger partial charge is 0.482 e. The number of nitrogens with one attached hydrogen (secondary N) is 2. The van der Waals surface area contributed by atoms with Gasteiger partial charge in [0, 0.05) is 24.7 Å². The third kappa shape index (κ3) is 3.34. The first-order valence-corrected chi connectivity index (χ1v) is 7.20. The van der Waals surface area contributed by atoms with Gasteiger partial charge in [0.25, 0.3) is 11.8 Å². The maximum Gasteiger partial charge on any atom is 0.262 e. The number of fused-ring (bicyclic) bond motifs is 1. The monoisotopic (exact) mass is 325 g/mol. The third-order valence-electron chi connectivity index (χ3n) is 3.98. The lowest BCUT2D eigenvalue weighted by molar-refractivity contribution is -0.118. The Morgan fingerprint density at radius 3 is 3.05 bits per heavy atom. The molecule has 6 nitrogen and oxygen atoms in total. The van der Waals surface area contributed by atoms with E-state index in [0.29, 0.717) is 23.0 Å². The van der Waals surface area contributed by atoms with Gasteiger partial charge in [-0.2, -0.15) is 0 Å². The van der Waals surface area contributed by atoms with Crippen LogP contribution in [0, 0.1) is 0 Å². The number of likely N-dealkylation sites (tertiary alicyclic amines) is 1. The molecular formula is C15H20ClN3O3. The normalized spacial score (nSPS) is 20.3. The fraction of sp³-hybridized carbons (Fsp3) is 0.467. The number of carbonyl (C=O) groups is 2. The van der Waals surface area contributed by atoms with Crippen LogP contribution in [0.1, 0.15) is 23.2 Å². The van der Waals surface area contributed by atoms with Crippen LogP contribution in [-0.2, 0) is 4.79 Å². The van der Waals surface area contributed by atoms with Gasteiger partial charge in [0.15, 0.2) is 6.61 Å². The standard InChI is InChI=1S/C15H19N3O3.ClH/c1-16-11-3-2-6-18(8-11)15(20)10-4-5-12-13(7-10)21-9-14(19)17-12;/h4-5,7,11,16H,2-3,6,8-9H2,1H3,(H,17,19);1H. The average molecular weight is 326 g/mol. The summed E-state index contributed by atoms with van der Waals surface area (Å²) in [4.78, 5) is 25.7. The van der Waals surface area contributed by atoms with E-state index in [0.717, 1.165) is 25.9 Å². The van der Waals surface area contributed by atoms with Gasteiger partial charge in [-0.1, -0.05) is 0 Å². The molecule has 2 aliphatic rings. The van der Waals surface area contributed by atoms with Crippen LogP contribution in [0.15, 0.2) is 18.2 Å². The molecule has 0 aromatic heterocycles. The SMILES string of the molecule is CNC1CCCN(C(=O)c2ccc3c(c2)OCC(=O)N3)C1.Cl. The maximum absolute atomic E-state index is 12.6. The smallest absolute Gasteiger partial charge is 0.262 e. The number of nitrogens with zero attached hydrogens (tertiary/aromatic N) is 1. The Balaban J connectivity index is 0.00000176. The van der Waals surface area contributed by atoms with Crippen molar-refractivity contribution in [2.45, 2.75) is 18.9 Å². The Hall–Kier alpha value is -1.79. The first-order valence-electron chi connectivity index (χ1n) is 7.20. The summed E-state index contributed by atoms with van der Waals surface area (Å²) in [6.45, 7) is 1.51. The van der Waals surface area contributed by atoms with Gasteiger partial charge in [0.1, 0.15) is 5.75 Å². The quantitative estimate of drug-likeness (QED) is 0.859. The van der Waals surface area contributed by atoms with Gasteiger partial charge in [-0.15, -0.1) is 12.4 Å². The Labute approximate surface area is 135 Å². The van der Waals surface area contributed by atoms with Crippen LogP contribution >= 0.6 is 12.4 Å². The van der Waals surface area contributed by atoms with E-state index in [-0.39, 0.29) is 30.8 Å². The van der Waals surface area contributed by atoms with E-state index >= 15 is 0 Å². The van der Waals surface area contributed by atoms with Crippen molar-refractivity contribution < 1.29 is 14.3 Å². The molecule has 0 saturated carbocycles. The Morgan fingerprint density at radius 2 is 2.27 bits per heavy atom. The highest BCUT2D eigenvalue weighted by Crippen LogP contribution is 2.29. The number of anilines is 1. The van der Waals surface area contributed by atoms with Crippen LogP contribution in [0.25, 0.3) is 0 Å². The topological polar surface area (TPSA) is 70.7 Å². The Kier molecular flexibility index (Phi) is 5.26. The molecule has 0 aliphatic carbocycles. The zero-order valence-electron chi connectivity index (χ0n) is 12.4.